The Bertz CT molecular complexity index is 152. The van der Waals surface area contributed by atoms with Crippen LogP contribution in [0.5, 0.6) is 0 Å². The van der Waals surface area contributed by atoms with Crippen molar-refractivity contribution in [1.29, 1.82) is 0 Å². The van der Waals surface area contributed by atoms with Crippen molar-refractivity contribution in [2.45, 2.75) is 57.8 Å². The fourth-order valence-electron chi connectivity index (χ4n) is 1.69. The Labute approximate surface area is 91.6 Å². The summed E-state index contributed by atoms with van der Waals surface area (Å²) in [5.74, 6) is 0.0913. The van der Waals surface area contributed by atoms with Gasteiger partial charge in [0.05, 0.1) is 24.9 Å². The van der Waals surface area contributed by atoms with Crippen LogP contribution in [0.1, 0.15) is 39.5 Å². The second-order valence-corrected chi connectivity index (χ2v) is 4.34. The Morgan fingerprint density at radius 2 is 1.60 bits per heavy atom. The molecule has 0 fully saturated rings. The maximum atomic E-state index is 9.61. The van der Waals surface area contributed by atoms with Crippen LogP contribution in [0.15, 0.2) is 0 Å². The molecule has 15 heavy (non-hydrogen) atoms. The van der Waals surface area contributed by atoms with E-state index in [0.29, 0.717) is 19.3 Å². The van der Waals surface area contributed by atoms with Gasteiger partial charge in [-0.15, -0.1) is 0 Å². The molecule has 0 amide bonds. The van der Waals surface area contributed by atoms with Gasteiger partial charge in [-0.3, -0.25) is 0 Å². The van der Waals surface area contributed by atoms with E-state index in [0.717, 1.165) is 6.42 Å². The molecule has 0 aromatic rings. The normalized spacial score (nSPS) is 19.6. The maximum absolute atomic E-state index is 9.61. The third kappa shape index (κ3) is 6.84. The number of aliphatic hydroxyl groups excluding tert-OH is 4. The smallest absolute Gasteiger partial charge is 0.0801 e. The molecule has 92 valence electrons. The summed E-state index contributed by atoms with van der Waals surface area (Å²) in [6, 6.07) is 0. The van der Waals surface area contributed by atoms with Gasteiger partial charge in [0.2, 0.25) is 0 Å². The predicted molar refractivity (Wildman–Crippen MR) is 58.4 cm³/mol. The van der Waals surface area contributed by atoms with Crippen molar-refractivity contribution < 1.29 is 20.4 Å². The Kier molecular flexibility index (Phi) is 7.96. The van der Waals surface area contributed by atoms with Crippen LogP contribution in [0.25, 0.3) is 0 Å². The van der Waals surface area contributed by atoms with Crippen molar-refractivity contribution >= 4 is 0 Å². The first-order valence-electron chi connectivity index (χ1n) is 5.66. The topological polar surface area (TPSA) is 80.9 Å². The summed E-state index contributed by atoms with van der Waals surface area (Å²) in [4.78, 5) is 0. The summed E-state index contributed by atoms with van der Waals surface area (Å²) >= 11 is 0. The number of aliphatic hydroxyl groups is 4. The number of hydrogen-bond donors (Lipinski definition) is 4. The van der Waals surface area contributed by atoms with E-state index in [2.05, 4.69) is 0 Å². The Balaban J connectivity index is 3.79. The van der Waals surface area contributed by atoms with E-state index in [1.165, 1.54) is 0 Å². The van der Waals surface area contributed by atoms with Crippen molar-refractivity contribution in [2.24, 2.45) is 5.92 Å². The first-order chi connectivity index (χ1) is 7.01. The second kappa shape index (κ2) is 8.05. The lowest BCUT2D eigenvalue weighted by Gasteiger charge is -2.22. The van der Waals surface area contributed by atoms with E-state index < -0.39 is 18.3 Å². The summed E-state index contributed by atoms with van der Waals surface area (Å²) in [6.45, 7) is 3.59. The van der Waals surface area contributed by atoms with Gasteiger partial charge in [-0.05, 0) is 25.2 Å². The van der Waals surface area contributed by atoms with Crippen LogP contribution in [0, 0.1) is 5.92 Å². The maximum Gasteiger partial charge on any atom is 0.0801 e. The van der Waals surface area contributed by atoms with Gasteiger partial charge >= 0.3 is 0 Å². The Morgan fingerprint density at radius 3 is 2.07 bits per heavy atom. The van der Waals surface area contributed by atoms with Gasteiger partial charge in [0.25, 0.3) is 0 Å². The van der Waals surface area contributed by atoms with E-state index in [-0.39, 0.29) is 12.5 Å². The fraction of sp³-hybridized carbons (Fsp3) is 1.00. The number of hydrogen-bond acceptors (Lipinski definition) is 4. The molecular formula is C11H24O4. The van der Waals surface area contributed by atoms with Crippen molar-refractivity contribution in [3.63, 3.8) is 0 Å². The Hall–Kier alpha value is -0.160. The largest absolute Gasteiger partial charge is 0.394 e. The van der Waals surface area contributed by atoms with Crippen LogP contribution in [0.2, 0.25) is 0 Å². The zero-order chi connectivity index (χ0) is 11.8. The molecule has 0 aliphatic rings. The molecule has 0 aromatic carbocycles. The second-order valence-electron chi connectivity index (χ2n) is 4.34. The van der Waals surface area contributed by atoms with Gasteiger partial charge in [-0.1, -0.05) is 20.3 Å². The lowest BCUT2D eigenvalue weighted by molar-refractivity contribution is -0.00534. The molecule has 4 heteroatoms. The van der Waals surface area contributed by atoms with Crippen molar-refractivity contribution in [3.05, 3.63) is 0 Å². The van der Waals surface area contributed by atoms with Gasteiger partial charge < -0.3 is 20.4 Å². The fourth-order valence-corrected chi connectivity index (χ4v) is 1.69. The minimum atomic E-state index is -0.731. The lowest BCUT2D eigenvalue weighted by Crippen LogP contribution is -2.29. The summed E-state index contributed by atoms with van der Waals surface area (Å²) in [6.07, 6.45) is 0.206. The van der Waals surface area contributed by atoms with Crippen molar-refractivity contribution in [3.8, 4) is 0 Å². The summed E-state index contributed by atoms with van der Waals surface area (Å²) in [7, 11) is 0. The summed E-state index contributed by atoms with van der Waals surface area (Å²) in [5.41, 5.74) is 0. The molecule has 0 radical (unpaired) electrons. The molecular weight excluding hydrogens is 196 g/mol. The zero-order valence-corrected chi connectivity index (χ0v) is 9.63. The molecule has 0 saturated heterocycles. The van der Waals surface area contributed by atoms with Crippen LogP contribution in [0.4, 0.5) is 0 Å². The van der Waals surface area contributed by atoms with Gasteiger partial charge in [0.15, 0.2) is 0 Å². The zero-order valence-electron chi connectivity index (χ0n) is 9.63. The van der Waals surface area contributed by atoms with Crippen LogP contribution < -0.4 is 0 Å². The third-order valence-corrected chi connectivity index (χ3v) is 2.56. The summed E-state index contributed by atoms with van der Waals surface area (Å²) < 4.78 is 0. The molecule has 4 nitrogen and oxygen atoms in total. The van der Waals surface area contributed by atoms with E-state index in [9.17, 15) is 15.3 Å². The van der Waals surface area contributed by atoms with Gasteiger partial charge in [0.1, 0.15) is 0 Å². The van der Waals surface area contributed by atoms with E-state index in [1.54, 1.807) is 0 Å². The summed E-state index contributed by atoms with van der Waals surface area (Å²) in [5, 5.41) is 36.9. The molecule has 4 atom stereocenters. The lowest BCUT2D eigenvalue weighted by atomic mass is 9.93. The van der Waals surface area contributed by atoms with Crippen molar-refractivity contribution in [2.75, 3.05) is 6.61 Å². The molecule has 0 heterocycles. The highest BCUT2D eigenvalue weighted by molar-refractivity contribution is 4.71. The third-order valence-electron chi connectivity index (χ3n) is 2.56. The SMILES string of the molecule is CCCC(O)C(O)CC(C)CC(O)CO. The molecule has 0 rings (SSSR count). The van der Waals surface area contributed by atoms with E-state index in [1.807, 2.05) is 13.8 Å². The molecule has 0 aliphatic heterocycles. The highest BCUT2D eigenvalue weighted by Crippen LogP contribution is 2.16. The molecule has 0 bridgehead atoms. The highest BCUT2D eigenvalue weighted by atomic mass is 16.3. The molecule has 0 aromatic heterocycles. The highest BCUT2D eigenvalue weighted by Gasteiger charge is 2.19. The monoisotopic (exact) mass is 220 g/mol. The van der Waals surface area contributed by atoms with E-state index >= 15 is 0 Å². The predicted octanol–water partition coefficient (Wildman–Crippen LogP) is 0.278. The molecule has 0 aliphatic carbocycles. The van der Waals surface area contributed by atoms with Crippen LogP contribution in [-0.4, -0.2) is 45.3 Å². The van der Waals surface area contributed by atoms with E-state index in [4.69, 9.17) is 5.11 Å². The molecule has 4 unspecified atom stereocenters. The standard InChI is InChI=1S/C11H24O4/c1-3-4-10(14)11(15)6-8(2)5-9(13)7-12/h8-15H,3-7H2,1-2H3. The van der Waals surface area contributed by atoms with Crippen LogP contribution in [0.3, 0.4) is 0 Å². The van der Waals surface area contributed by atoms with Crippen molar-refractivity contribution in [1.82, 2.24) is 0 Å². The van der Waals surface area contributed by atoms with Gasteiger partial charge in [-0.25, -0.2) is 0 Å². The first kappa shape index (κ1) is 14.8. The molecule has 0 saturated carbocycles. The minimum Gasteiger partial charge on any atom is -0.394 e. The minimum absolute atomic E-state index is 0.0913. The average Bonchev–Trinajstić information content (AvgIpc) is 2.17. The quantitative estimate of drug-likeness (QED) is 0.473. The Morgan fingerprint density at radius 1 is 1.00 bits per heavy atom. The van der Waals surface area contributed by atoms with Crippen LogP contribution >= 0.6 is 0 Å². The van der Waals surface area contributed by atoms with Gasteiger partial charge in [-0.2, -0.15) is 0 Å². The number of rotatable bonds is 8. The first-order valence-corrected chi connectivity index (χ1v) is 5.66. The molecule has 0 spiro atoms. The van der Waals surface area contributed by atoms with Gasteiger partial charge in [0, 0.05) is 0 Å². The van der Waals surface area contributed by atoms with Crippen LogP contribution in [-0.2, 0) is 0 Å². The molecule has 4 N–H and O–H groups in total. The average molecular weight is 220 g/mol.